The lowest BCUT2D eigenvalue weighted by molar-refractivity contribution is -0.141. The van der Waals surface area contributed by atoms with E-state index in [1.807, 2.05) is 13.0 Å². The van der Waals surface area contributed by atoms with Gasteiger partial charge in [-0.15, -0.1) is 5.10 Å². The van der Waals surface area contributed by atoms with Crippen LogP contribution in [-0.4, -0.2) is 40.5 Å². The molecule has 7 nitrogen and oxygen atoms in total. The molecule has 3 aromatic rings. The molecule has 2 aromatic heterocycles. The Morgan fingerprint density at radius 3 is 2.69 bits per heavy atom. The summed E-state index contributed by atoms with van der Waals surface area (Å²) in [5.41, 5.74) is 6.71. The van der Waals surface area contributed by atoms with Crippen LogP contribution >= 0.6 is 0 Å². The number of nitrogens with two attached hydrogens (primary N) is 1. The van der Waals surface area contributed by atoms with Crippen molar-refractivity contribution >= 4 is 28.0 Å². The number of nitrogens with zero attached hydrogens (tertiary/aromatic N) is 4. The van der Waals surface area contributed by atoms with Gasteiger partial charge in [0.1, 0.15) is 5.69 Å². The Hall–Kier alpha value is -3.14. The summed E-state index contributed by atoms with van der Waals surface area (Å²) in [7, 11) is 0. The molecule has 2 fully saturated rings. The van der Waals surface area contributed by atoms with Crippen LogP contribution in [0.15, 0.2) is 30.3 Å². The van der Waals surface area contributed by atoms with Gasteiger partial charge in [-0.3, -0.25) is 0 Å². The monoisotopic (exact) mass is 444 g/mol. The number of ether oxygens (including phenoxy) is 1. The number of hydrogen-bond donors (Lipinski definition) is 2. The molecule has 3 N–H and O–H groups in total. The van der Waals surface area contributed by atoms with Gasteiger partial charge in [-0.2, -0.15) is 18.3 Å². The van der Waals surface area contributed by atoms with Crippen LogP contribution < -0.4 is 16.0 Å². The molecule has 0 unspecified atom stereocenters. The number of pyridine rings is 1. The SMILES string of the molecule is Cc1nnc(N[C@H](C)c2cc(N)cc(C(F)(F)F)n2)c2cc(N3C[C@H]4C[C@@H]3CO4)ccc12. The van der Waals surface area contributed by atoms with E-state index in [-0.39, 0.29) is 17.5 Å². The number of aryl methyl sites for hydroxylation is 1. The molecule has 168 valence electrons. The summed E-state index contributed by atoms with van der Waals surface area (Å²) in [4.78, 5) is 6.11. The van der Waals surface area contributed by atoms with Crippen molar-refractivity contribution in [2.45, 2.75) is 44.6 Å². The highest BCUT2D eigenvalue weighted by Crippen LogP contribution is 2.36. The molecule has 2 bridgehead atoms. The van der Waals surface area contributed by atoms with Gasteiger partial charge in [0, 0.05) is 28.7 Å². The van der Waals surface area contributed by atoms with Crippen LogP contribution in [0.1, 0.15) is 36.5 Å². The van der Waals surface area contributed by atoms with Crippen LogP contribution in [0.2, 0.25) is 0 Å². The van der Waals surface area contributed by atoms with E-state index in [2.05, 4.69) is 37.5 Å². The molecule has 0 spiro atoms. The van der Waals surface area contributed by atoms with Crippen molar-refractivity contribution in [1.29, 1.82) is 0 Å². The number of benzene rings is 1. The molecule has 0 saturated carbocycles. The minimum absolute atomic E-state index is 0.00409. The fourth-order valence-electron chi connectivity index (χ4n) is 4.50. The normalized spacial score (nSPS) is 21.3. The van der Waals surface area contributed by atoms with Crippen LogP contribution in [0.25, 0.3) is 10.8 Å². The van der Waals surface area contributed by atoms with Crippen LogP contribution in [0.5, 0.6) is 0 Å². The second-order valence-corrected chi connectivity index (χ2v) is 8.44. The second kappa shape index (κ2) is 7.47. The van der Waals surface area contributed by atoms with Crippen LogP contribution in [0.3, 0.4) is 0 Å². The van der Waals surface area contributed by atoms with Gasteiger partial charge >= 0.3 is 6.18 Å². The number of morpholine rings is 1. The molecular formula is C22H23F3N6O. The Balaban J connectivity index is 1.49. The van der Waals surface area contributed by atoms with E-state index in [1.54, 1.807) is 6.92 Å². The Morgan fingerprint density at radius 2 is 2.00 bits per heavy atom. The molecule has 3 atom stereocenters. The maximum atomic E-state index is 13.2. The summed E-state index contributed by atoms with van der Waals surface area (Å²) < 4.78 is 45.2. The van der Waals surface area contributed by atoms with Crippen molar-refractivity contribution in [3.8, 4) is 0 Å². The number of rotatable bonds is 4. The fraction of sp³-hybridized carbons (Fsp3) is 0.409. The number of anilines is 3. The van der Waals surface area contributed by atoms with E-state index >= 15 is 0 Å². The first kappa shape index (κ1) is 20.7. The lowest BCUT2D eigenvalue weighted by Gasteiger charge is -2.29. The minimum Gasteiger partial charge on any atom is -0.399 e. The van der Waals surface area contributed by atoms with Crippen molar-refractivity contribution in [1.82, 2.24) is 15.2 Å². The first-order chi connectivity index (χ1) is 15.2. The molecule has 32 heavy (non-hydrogen) atoms. The Bertz CT molecular complexity index is 1180. The predicted molar refractivity (Wildman–Crippen MR) is 115 cm³/mol. The van der Waals surface area contributed by atoms with Crippen LogP contribution in [-0.2, 0) is 10.9 Å². The van der Waals surface area contributed by atoms with E-state index in [1.165, 1.54) is 6.07 Å². The van der Waals surface area contributed by atoms with Gasteiger partial charge < -0.3 is 20.7 Å². The average Bonchev–Trinajstić information content (AvgIpc) is 3.38. The third-order valence-corrected chi connectivity index (χ3v) is 6.13. The third-order valence-electron chi connectivity index (χ3n) is 6.13. The van der Waals surface area contributed by atoms with Crippen molar-refractivity contribution < 1.29 is 17.9 Å². The van der Waals surface area contributed by atoms with Gasteiger partial charge in [0.2, 0.25) is 0 Å². The first-order valence-corrected chi connectivity index (χ1v) is 10.5. The Labute approximate surface area is 182 Å². The molecule has 2 aliphatic heterocycles. The molecule has 2 saturated heterocycles. The molecule has 0 radical (unpaired) electrons. The molecule has 0 aliphatic carbocycles. The highest BCUT2D eigenvalue weighted by Gasteiger charge is 2.39. The smallest absolute Gasteiger partial charge is 0.399 e. The lowest BCUT2D eigenvalue weighted by atomic mass is 10.1. The average molecular weight is 444 g/mol. The minimum atomic E-state index is -4.58. The Kier molecular flexibility index (Phi) is 4.85. The van der Waals surface area contributed by atoms with Gasteiger partial charge in [-0.05, 0) is 44.5 Å². The van der Waals surface area contributed by atoms with Gasteiger partial charge in [0.25, 0.3) is 0 Å². The summed E-state index contributed by atoms with van der Waals surface area (Å²) in [6, 6.07) is 8.19. The zero-order valence-corrected chi connectivity index (χ0v) is 17.6. The summed E-state index contributed by atoms with van der Waals surface area (Å²) in [5.74, 6) is 0.485. The summed E-state index contributed by atoms with van der Waals surface area (Å²) in [5, 5.41) is 13.5. The van der Waals surface area contributed by atoms with Gasteiger partial charge in [0.15, 0.2) is 5.82 Å². The number of hydrogen-bond acceptors (Lipinski definition) is 7. The third kappa shape index (κ3) is 3.68. The van der Waals surface area contributed by atoms with Crippen molar-refractivity contribution in [3.63, 3.8) is 0 Å². The molecule has 1 aromatic carbocycles. The van der Waals surface area contributed by atoms with E-state index in [0.717, 1.165) is 47.8 Å². The van der Waals surface area contributed by atoms with Crippen molar-refractivity contribution in [3.05, 3.63) is 47.4 Å². The first-order valence-electron chi connectivity index (χ1n) is 10.5. The highest BCUT2D eigenvalue weighted by molar-refractivity contribution is 5.95. The number of aromatic nitrogens is 3. The van der Waals surface area contributed by atoms with Gasteiger partial charge in [-0.25, -0.2) is 4.98 Å². The second-order valence-electron chi connectivity index (χ2n) is 8.44. The van der Waals surface area contributed by atoms with Crippen molar-refractivity contribution in [2.75, 3.05) is 29.1 Å². The molecule has 5 rings (SSSR count). The molecule has 0 amide bonds. The Morgan fingerprint density at radius 1 is 1.19 bits per heavy atom. The lowest BCUT2D eigenvalue weighted by Crippen LogP contribution is -2.36. The topological polar surface area (TPSA) is 89.2 Å². The van der Waals surface area contributed by atoms with Crippen LogP contribution in [0.4, 0.5) is 30.4 Å². The quantitative estimate of drug-likeness (QED) is 0.627. The highest BCUT2D eigenvalue weighted by atomic mass is 19.4. The van der Waals surface area contributed by atoms with Crippen LogP contribution in [0, 0.1) is 6.92 Å². The zero-order valence-electron chi connectivity index (χ0n) is 17.6. The number of nitrogens with one attached hydrogen (secondary N) is 1. The number of nitrogen functional groups attached to an aromatic ring is 1. The maximum absolute atomic E-state index is 13.2. The molecule has 10 heteroatoms. The summed E-state index contributed by atoms with van der Waals surface area (Å²) >= 11 is 0. The predicted octanol–water partition coefficient (Wildman–Crippen LogP) is 4.08. The summed E-state index contributed by atoms with van der Waals surface area (Å²) in [6.07, 6.45) is -3.28. The van der Waals surface area contributed by atoms with E-state index < -0.39 is 17.9 Å². The maximum Gasteiger partial charge on any atom is 0.433 e. The van der Waals surface area contributed by atoms with E-state index in [0.29, 0.717) is 11.9 Å². The number of fused-ring (bicyclic) bond motifs is 3. The number of halogens is 3. The van der Waals surface area contributed by atoms with E-state index in [9.17, 15) is 13.2 Å². The summed E-state index contributed by atoms with van der Waals surface area (Å²) in [6.45, 7) is 5.17. The largest absolute Gasteiger partial charge is 0.433 e. The zero-order chi connectivity index (χ0) is 22.6. The van der Waals surface area contributed by atoms with Gasteiger partial charge in [0.05, 0.1) is 36.2 Å². The fourth-order valence-corrected chi connectivity index (χ4v) is 4.50. The van der Waals surface area contributed by atoms with Gasteiger partial charge in [-0.1, -0.05) is 6.07 Å². The molecular weight excluding hydrogens is 421 g/mol. The number of alkyl halides is 3. The molecule has 2 aliphatic rings. The molecule has 4 heterocycles. The standard InChI is InChI=1S/C22H23F3N6O/c1-11-17-4-3-14(31-9-16-7-15(31)10-32-16)8-18(17)21(30-29-11)27-12(2)19-5-13(26)6-20(28-19)22(23,24)25/h3-6,8,12,15-16H,7,9-10H2,1-2H3,(H2,26,28)(H,27,30)/t12-,15-,16-/m1/s1. The van der Waals surface area contributed by atoms with E-state index in [4.69, 9.17) is 10.5 Å². The van der Waals surface area contributed by atoms with Crippen molar-refractivity contribution in [2.24, 2.45) is 0 Å².